The lowest BCUT2D eigenvalue weighted by atomic mass is 9.67. The molecule has 0 radical (unpaired) electrons. The van der Waals surface area contributed by atoms with Gasteiger partial charge in [-0.1, -0.05) is 50.8 Å². The minimum atomic E-state index is 0.731. The highest BCUT2D eigenvalue weighted by Crippen LogP contribution is 2.45. The summed E-state index contributed by atoms with van der Waals surface area (Å²) in [6.45, 7) is 7.13. The van der Waals surface area contributed by atoms with E-state index in [0.29, 0.717) is 0 Å². The van der Waals surface area contributed by atoms with Crippen LogP contribution in [0.3, 0.4) is 0 Å². The molecule has 2 saturated carbocycles. The molecule has 0 aliphatic heterocycles. The Kier molecular flexibility index (Phi) is 7.25. The van der Waals surface area contributed by atoms with Gasteiger partial charge in [-0.25, -0.2) is 0 Å². The minimum Gasteiger partial charge on any atom is -0.138 e. The molecule has 3 unspecified atom stereocenters. The average molecular weight is 361 g/mol. The topological polar surface area (TPSA) is 0 Å². The van der Waals surface area contributed by atoms with Crippen LogP contribution >= 0.6 is 9.24 Å². The molecule has 0 N–H and O–H groups in total. The zero-order valence-electron chi connectivity index (χ0n) is 17.0. The van der Waals surface area contributed by atoms with Crippen LogP contribution in [0.15, 0.2) is 23.3 Å². The van der Waals surface area contributed by atoms with Crippen molar-refractivity contribution in [3.8, 4) is 0 Å². The molecule has 1 heteroatoms. The Bertz CT molecular complexity index is 472. The molecule has 25 heavy (non-hydrogen) atoms. The summed E-state index contributed by atoms with van der Waals surface area (Å²) in [5.74, 6) is 5.49. The van der Waals surface area contributed by atoms with Gasteiger partial charge in [0.05, 0.1) is 0 Å². The maximum atomic E-state index is 2.89. The summed E-state index contributed by atoms with van der Waals surface area (Å²) in [6, 6.07) is 0. The van der Waals surface area contributed by atoms with Gasteiger partial charge in [-0.05, 0) is 99.1 Å². The summed E-state index contributed by atoms with van der Waals surface area (Å²) < 4.78 is 0. The monoisotopic (exact) mass is 360 g/mol. The van der Waals surface area contributed by atoms with Crippen molar-refractivity contribution in [3.63, 3.8) is 0 Å². The van der Waals surface area contributed by atoms with E-state index in [-0.39, 0.29) is 0 Å². The number of allylic oxidation sites excluding steroid dienone is 4. The van der Waals surface area contributed by atoms with Gasteiger partial charge in [0, 0.05) is 0 Å². The van der Waals surface area contributed by atoms with Gasteiger partial charge in [0.25, 0.3) is 0 Å². The van der Waals surface area contributed by atoms with E-state index in [9.17, 15) is 0 Å². The third-order valence-corrected chi connectivity index (χ3v) is 8.38. The first-order valence-corrected chi connectivity index (χ1v) is 12.0. The van der Waals surface area contributed by atoms with Gasteiger partial charge in [-0.2, -0.15) is 0 Å². The molecular weight excluding hydrogens is 319 g/mol. The number of rotatable bonds is 5. The molecule has 0 amide bonds. The van der Waals surface area contributed by atoms with Crippen LogP contribution in [0.1, 0.15) is 85.0 Å². The first-order valence-electron chi connectivity index (χ1n) is 11.2. The van der Waals surface area contributed by atoms with E-state index in [0.717, 1.165) is 35.5 Å². The first-order chi connectivity index (χ1) is 12.1. The van der Waals surface area contributed by atoms with Gasteiger partial charge in [0.2, 0.25) is 0 Å². The molecule has 0 saturated heterocycles. The zero-order valence-corrected chi connectivity index (χ0v) is 18.1. The summed E-state index contributed by atoms with van der Waals surface area (Å²) in [4.78, 5) is 0. The maximum Gasteiger partial charge on any atom is -0.0165 e. The van der Waals surface area contributed by atoms with Crippen molar-refractivity contribution < 1.29 is 0 Å². The van der Waals surface area contributed by atoms with Gasteiger partial charge in [0.1, 0.15) is 0 Å². The van der Waals surface area contributed by atoms with Crippen molar-refractivity contribution in [2.45, 2.75) is 85.0 Å². The highest BCUT2D eigenvalue weighted by atomic mass is 31.0. The molecular formula is C24H41P. The van der Waals surface area contributed by atoms with Crippen LogP contribution in [0.2, 0.25) is 0 Å². The molecule has 142 valence electrons. The average Bonchev–Trinajstić information content (AvgIpc) is 2.64. The Morgan fingerprint density at radius 2 is 1.52 bits per heavy atom. The lowest BCUT2D eigenvalue weighted by Crippen LogP contribution is -2.27. The van der Waals surface area contributed by atoms with E-state index >= 15 is 0 Å². The molecule has 0 heterocycles. The maximum absolute atomic E-state index is 2.89. The molecule has 3 atom stereocenters. The lowest BCUT2D eigenvalue weighted by Gasteiger charge is -2.39. The van der Waals surface area contributed by atoms with Crippen LogP contribution in [0.25, 0.3) is 0 Å². The fourth-order valence-corrected chi connectivity index (χ4v) is 6.07. The van der Waals surface area contributed by atoms with Crippen LogP contribution in [0.4, 0.5) is 0 Å². The fourth-order valence-electron chi connectivity index (χ4n) is 5.84. The Hall–Kier alpha value is -0.0900. The SMILES string of the molecule is CC1=CC(C2CCC(C3CCC(CCCP)CC3)CC2)=CC(C)C1C. The van der Waals surface area contributed by atoms with Crippen LogP contribution in [0.5, 0.6) is 0 Å². The third-order valence-electron chi connectivity index (χ3n) is 7.97. The second-order valence-corrected chi connectivity index (χ2v) is 10.1. The van der Waals surface area contributed by atoms with Gasteiger partial charge in [-0.3, -0.25) is 0 Å². The lowest BCUT2D eigenvalue weighted by molar-refractivity contribution is 0.151. The van der Waals surface area contributed by atoms with E-state index in [1.165, 1.54) is 70.4 Å². The quantitative estimate of drug-likeness (QED) is 0.448. The van der Waals surface area contributed by atoms with Crippen LogP contribution < -0.4 is 0 Å². The van der Waals surface area contributed by atoms with Crippen molar-refractivity contribution in [1.29, 1.82) is 0 Å². The summed E-state index contributed by atoms with van der Waals surface area (Å²) in [5, 5.41) is 0. The Morgan fingerprint density at radius 3 is 2.08 bits per heavy atom. The Balaban J connectivity index is 1.46. The first kappa shape index (κ1) is 19.7. The van der Waals surface area contributed by atoms with Crippen LogP contribution in [-0.2, 0) is 0 Å². The molecule has 3 aliphatic carbocycles. The minimum absolute atomic E-state index is 0.731. The van der Waals surface area contributed by atoms with E-state index in [2.05, 4.69) is 42.2 Å². The second kappa shape index (κ2) is 9.21. The highest BCUT2D eigenvalue weighted by Gasteiger charge is 2.32. The zero-order chi connectivity index (χ0) is 17.8. The smallest absolute Gasteiger partial charge is 0.0165 e. The van der Waals surface area contributed by atoms with Crippen molar-refractivity contribution in [3.05, 3.63) is 23.3 Å². The standard InChI is InChI=1S/C24H41P/c1-17-15-24(16-18(2)19(17)3)23-12-10-22(11-13-23)21-8-6-20(7-9-21)5-4-14-25/h15-17,19-23H,4-14,25H2,1-3H3. The summed E-state index contributed by atoms with van der Waals surface area (Å²) in [5.41, 5.74) is 3.29. The molecule has 0 aromatic heterocycles. The normalized spacial score (nSPS) is 39.7. The van der Waals surface area contributed by atoms with E-state index in [1.807, 2.05) is 0 Å². The van der Waals surface area contributed by atoms with Gasteiger partial charge in [0.15, 0.2) is 0 Å². The molecule has 0 aromatic rings. The number of hydrogen-bond acceptors (Lipinski definition) is 0. The Morgan fingerprint density at radius 1 is 0.920 bits per heavy atom. The molecule has 0 spiro atoms. The van der Waals surface area contributed by atoms with Gasteiger partial charge in [-0.15, -0.1) is 9.24 Å². The summed E-state index contributed by atoms with van der Waals surface area (Å²) in [6.07, 6.45) is 21.4. The predicted molar refractivity (Wildman–Crippen MR) is 115 cm³/mol. The van der Waals surface area contributed by atoms with Crippen LogP contribution in [0, 0.1) is 35.5 Å². The Labute approximate surface area is 159 Å². The van der Waals surface area contributed by atoms with Gasteiger partial charge >= 0.3 is 0 Å². The summed E-state index contributed by atoms with van der Waals surface area (Å²) in [7, 11) is 2.89. The molecule has 3 rings (SSSR count). The molecule has 2 fully saturated rings. The third kappa shape index (κ3) is 5.00. The summed E-state index contributed by atoms with van der Waals surface area (Å²) >= 11 is 0. The second-order valence-electron chi connectivity index (χ2n) is 9.53. The van der Waals surface area contributed by atoms with Crippen molar-refractivity contribution in [2.24, 2.45) is 35.5 Å². The van der Waals surface area contributed by atoms with E-state index in [4.69, 9.17) is 0 Å². The van der Waals surface area contributed by atoms with Gasteiger partial charge < -0.3 is 0 Å². The molecule has 0 aromatic carbocycles. The van der Waals surface area contributed by atoms with Crippen molar-refractivity contribution in [1.82, 2.24) is 0 Å². The largest absolute Gasteiger partial charge is 0.138 e. The fraction of sp³-hybridized carbons (Fsp3) is 0.833. The van der Waals surface area contributed by atoms with E-state index < -0.39 is 0 Å². The van der Waals surface area contributed by atoms with Crippen LogP contribution in [-0.4, -0.2) is 6.16 Å². The highest BCUT2D eigenvalue weighted by molar-refractivity contribution is 7.16. The van der Waals surface area contributed by atoms with E-state index in [1.54, 1.807) is 11.1 Å². The molecule has 0 bridgehead atoms. The van der Waals surface area contributed by atoms with Crippen molar-refractivity contribution in [2.75, 3.05) is 6.16 Å². The molecule has 3 aliphatic rings. The number of hydrogen-bond donors (Lipinski definition) is 0. The predicted octanol–water partition coefficient (Wildman–Crippen LogP) is 7.41. The van der Waals surface area contributed by atoms with Crippen molar-refractivity contribution >= 4 is 9.24 Å². The molecule has 0 nitrogen and oxygen atoms in total.